The molecule has 1 aromatic carbocycles. The first-order valence-corrected chi connectivity index (χ1v) is 10.9. The molecule has 1 aromatic rings. The van der Waals surface area contributed by atoms with Gasteiger partial charge < -0.3 is 15.4 Å². The third-order valence-corrected chi connectivity index (χ3v) is 5.48. The highest BCUT2D eigenvalue weighted by Crippen LogP contribution is 2.11. The molecule has 27 heavy (non-hydrogen) atoms. The largest absolute Gasteiger partial charge is 0.379 e. The fourth-order valence-electron chi connectivity index (χ4n) is 2.75. The van der Waals surface area contributed by atoms with E-state index in [2.05, 4.69) is 27.4 Å². The highest BCUT2D eigenvalue weighted by molar-refractivity contribution is 14.0. The van der Waals surface area contributed by atoms with Crippen molar-refractivity contribution in [3.05, 3.63) is 29.8 Å². The van der Waals surface area contributed by atoms with Crippen molar-refractivity contribution in [3.63, 3.8) is 0 Å². The lowest BCUT2D eigenvalue weighted by Gasteiger charge is -2.32. The third kappa shape index (κ3) is 8.32. The molecule has 154 valence electrons. The van der Waals surface area contributed by atoms with Crippen molar-refractivity contribution >= 4 is 39.8 Å². The minimum atomic E-state index is -3.16. The summed E-state index contributed by atoms with van der Waals surface area (Å²) < 4.78 is 28.4. The van der Waals surface area contributed by atoms with Crippen LogP contribution < -0.4 is 10.6 Å². The van der Waals surface area contributed by atoms with Crippen molar-refractivity contribution in [2.45, 2.75) is 31.3 Å². The minimum Gasteiger partial charge on any atom is -0.379 e. The Labute approximate surface area is 179 Å². The van der Waals surface area contributed by atoms with E-state index in [1.54, 1.807) is 24.3 Å². The van der Waals surface area contributed by atoms with Crippen LogP contribution in [0.1, 0.15) is 19.4 Å². The monoisotopic (exact) mass is 510 g/mol. The fraction of sp³-hybridized carbons (Fsp3) is 0.611. The fourth-order valence-corrected chi connectivity index (χ4v) is 3.38. The van der Waals surface area contributed by atoms with Gasteiger partial charge in [0.25, 0.3) is 0 Å². The standard InChI is InChI=1S/C18H30N4O3S.HI/c1-4-19-18(20-13-15(2)22-9-11-25-12-10-22)21-14-16-5-7-17(8-6-16)26(3,23)24;/h5-8,15H,4,9-14H2,1-3H3,(H2,19,20,21);1H. The van der Waals surface area contributed by atoms with E-state index in [4.69, 9.17) is 4.74 Å². The smallest absolute Gasteiger partial charge is 0.191 e. The van der Waals surface area contributed by atoms with E-state index in [9.17, 15) is 8.42 Å². The molecule has 1 aliphatic heterocycles. The zero-order valence-electron chi connectivity index (χ0n) is 16.3. The number of morpholine rings is 1. The molecule has 1 fully saturated rings. The summed E-state index contributed by atoms with van der Waals surface area (Å²) in [4.78, 5) is 7.33. The van der Waals surface area contributed by atoms with Gasteiger partial charge in [-0.15, -0.1) is 24.0 Å². The maximum absolute atomic E-state index is 11.5. The van der Waals surface area contributed by atoms with E-state index in [1.807, 2.05) is 6.92 Å². The molecule has 0 saturated carbocycles. The molecule has 1 atom stereocenters. The van der Waals surface area contributed by atoms with Gasteiger partial charge in [0.1, 0.15) is 0 Å². The van der Waals surface area contributed by atoms with Crippen LogP contribution in [0.3, 0.4) is 0 Å². The van der Waals surface area contributed by atoms with Crippen LogP contribution in [0, 0.1) is 0 Å². The van der Waals surface area contributed by atoms with Crippen LogP contribution in [0.5, 0.6) is 0 Å². The number of hydrogen-bond donors (Lipinski definition) is 2. The lowest BCUT2D eigenvalue weighted by Crippen LogP contribution is -2.49. The van der Waals surface area contributed by atoms with Crippen molar-refractivity contribution in [2.24, 2.45) is 4.99 Å². The van der Waals surface area contributed by atoms with Crippen LogP contribution in [0.4, 0.5) is 0 Å². The second-order valence-corrected chi connectivity index (χ2v) is 8.51. The van der Waals surface area contributed by atoms with Crippen LogP contribution in [0.25, 0.3) is 0 Å². The third-order valence-electron chi connectivity index (χ3n) is 4.35. The first kappa shape index (κ1) is 24.1. The van der Waals surface area contributed by atoms with Crippen LogP contribution >= 0.6 is 24.0 Å². The lowest BCUT2D eigenvalue weighted by molar-refractivity contribution is 0.0211. The molecule has 1 aliphatic rings. The predicted molar refractivity (Wildman–Crippen MR) is 120 cm³/mol. The average molecular weight is 510 g/mol. The minimum absolute atomic E-state index is 0. The van der Waals surface area contributed by atoms with Gasteiger partial charge in [-0.1, -0.05) is 12.1 Å². The Bertz CT molecular complexity index is 689. The average Bonchev–Trinajstić information content (AvgIpc) is 2.64. The molecule has 0 aliphatic carbocycles. The Balaban J connectivity index is 0.00000364. The summed E-state index contributed by atoms with van der Waals surface area (Å²) in [6, 6.07) is 7.26. The number of sulfone groups is 1. The molecule has 1 heterocycles. The lowest BCUT2D eigenvalue weighted by atomic mass is 10.2. The Morgan fingerprint density at radius 1 is 1.22 bits per heavy atom. The first-order chi connectivity index (χ1) is 12.4. The van der Waals surface area contributed by atoms with E-state index in [-0.39, 0.29) is 24.0 Å². The number of ether oxygens (including phenoxy) is 1. The van der Waals surface area contributed by atoms with E-state index in [0.29, 0.717) is 17.5 Å². The summed E-state index contributed by atoms with van der Waals surface area (Å²) in [6.07, 6.45) is 1.21. The van der Waals surface area contributed by atoms with Gasteiger partial charge in [0.05, 0.1) is 24.7 Å². The molecule has 2 N–H and O–H groups in total. The summed E-state index contributed by atoms with van der Waals surface area (Å²) >= 11 is 0. The molecule has 7 nitrogen and oxygen atoms in total. The van der Waals surface area contributed by atoms with Gasteiger partial charge in [-0.25, -0.2) is 13.4 Å². The number of aliphatic imine (C=N–C) groups is 1. The second kappa shape index (κ2) is 11.8. The summed E-state index contributed by atoms with van der Waals surface area (Å²) in [5.41, 5.74) is 0.968. The number of guanidine groups is 1. The number of rotatable bonds is 7. The molecule has 0 bridgehead atoms. The summed E-state index contributed by atoms with van der Waals surface area (Å²) in [7, 11) is -3.16. The van der Waals surface area contributed by atoms with E-state index in [1.165, 1.54) is 6.26 Å². The predicted octanol–water partition coefficient (Wildman–Crippen LogP) is 1.48. The van der Waals surface area contributed by atoms with Gasteiger partial charge in [-0.3, -0.25) is 4.90 Å². The van der Waals surface area contributed by atoms with Crippen molar-refractivity contribution in [1.29, 1.82) is 0 Å². The van der Waals surface area contributed by atoms with Gasteiger partial charge in [0.15, 0.2) is 15.8 Å². The topological polar surface area (TPSA) is 83.0 Å². The van der Waals surface area contributed by atoms with Gasteiger partial charge in [-0.2, -0.15) is 0 Å². The number of benzene rings is 1. The van der Waals surface area contributed by atoms with Crippen LogP contribution in [0.2, 0.25) is 0 Å². The summed E-state index contributed by atoms with van der Waals surface area (Å²) in [5, 5.41) is 6.63. The maximum Gasteiger partial charge on any atom is 0.191 e. The van der Waals surface area contributed by atoms with Crippen molar-refractivity contribution in [3.8, 4) is 0 Å². The SMILES string of the molecule is CCNC(=NCc1ccc(S(C)(=O)=O)cc1)NCC(C)N1CCOCC1.I. The van der Waals surface area contributed by atoms with Crippen molar-refractivity contribution in [1.82, 2.24) is 15.5 Å². The molecule has 2 rings (SSSR count). The molecule has 1 unspecified atom stereocenters. The highest BCUT2D eigenvalue weighted by Gasteiger charge is 2.17. The molecular formula is C18H31IN4O3S. The van der Waals surface area contributed by atoms with Gasteiger partial charge >= 0.3 is 0 Å². The first-order valence-electron chi connectivity index (χ1n) is 9.03. The second-order valence-electron chi connectivity index (χ2n) is 6.49. The molecule has 0 amide bonds. The van der Waals surface area contributed by atoms with E-state index in [0.717, 1.165) is 50.9 Å². The summed E-state index contributed by atoms with van der Waals surface area (Å²) in [6.45, 7) is 9.82. The molecule has 0 aromatic heterocycles. The Morgan fingerprint density at radius 2 is 1.85 bits per heavy atom. The van der Waals surface area contributed by atoms with Crippen LogP contribution in [-0.4, -0.2) is 71.0 Å². The molecule has 1 saturated heterocycles. The van der Waals surface area contributed by atoms with Crippen molar-refractivity contribution in [2.75, 3.05) is 45.6 Å². The molecule has 9 heteroatoms. The number of nitrogens with zero attached hydrogens (tertiary/aromatic N) is 2. The zero-order valence-corrected chi connectivity index (χ0v) is 19.4. The van der Waals surface area contributed by atoms with E-state index >= 15 is 0 Å². The maximum atomic E-state index is 11.5. The summed E-state index contributed by atoms with van der Waals surface area (Å²) in [5.74, 6) is 0.764. The Hall–Kier alpha value is -0.910. The number of halogens is 1. The highest BCUT2D eigenvalue weighted by atomic mass is 127. The Morgan fingerprint density at radius 3 is 2.41 bits per heavy atom. The van der Waals surface area contributed by atoms with E-state index < -0.39 is 9.84 Å². The molecule has 0 spiro atoms. The Kier molecular flexibility index (Phi) is 10.6. The zero-order chi connectivity index (χ0) is 19.0. The van der Waals surface area contributed by atoms with Crippen molar-refractivity contribution < 1.29 is 13.2 Å². The quantitative estimate of drug-likeness (QED) is 0.329. The van der Waals surface area contributed by atoms with Gasteiger partial charge in [0, 0.05) is 38.5 Å². The number of nitrogens with one attached hydrogen (secondary N) is 2. The van der Waals surface area contributed by atoms with Crippen LogP contribution in [-0.2, 0) is 21.1 Å². The van der Waals surface area contributed by atoms with Gasteiger partial charge in [0.2, 0.25) is 0 Å². The number of hydrogen-bond acceptors (Lipinski definition) is 5. The van der Waals surface area contributed by atoms with Gasteiger partial charge in [-0.05, 0) is 31.5 Å². The molecular weight excluding hydrogens is 479 g/mol. The van der Waals surface area contributed by atoms with Crippen LogP contribution in [0.15, 0.2) is 34.2 Å². The normalized spacial score (nSPS) is 17.1. The molecule has 0 radical (unpaired) electrons.